The van der Waals surface area contributed by atoms with Crippen LogP contribution in [-0.2, 0) is 11.2 Å². The predicted molar refractivity (Wildman–Crippen MR) is 61.7 cm³/mol. The molecule has 0 aliphatic carbocycles. The van der Waals surface area contributed by atoms with E-state index in [4.69, 9.17) is 5.11 Å². The van der Waals surface area contributed by atoms with Crippen molar-refractivity contribution in [3.05, 3.63) is 41.5 Å². The molecule has 0 heterocycles. The Morgan fingerprint density at radius 3 is 2.67 bits per heavy atom. The Kier molecular flexibility index (Phi) is 4.10. The second-order valence-corrected chi connectivity index (χ2v) is 3.97. The van der Waals surface area contributed by atoms with Crippen LogP contribution < -0.4 is 0 Å². The summed E-state index contributed by atoms with van der Waals surface area (Å²) in [6.45, 7) is 4.30. The monoisotopic (exact) mass is 204 g/mol. The van der Waals surface area contributed by atoms with Crippen LogP contribution >= 0.6 is 0 Å². The SMILES string of the molecule is CC(C)Cc1ccccc1/C=C/C(=O)O. The molecule has 0 bridgehead atoms. The van der Waals surface area contributed by atoms with Gasteiger partial charge in [0.1, 0.15) is 0 Å². The summed E-state index contributed by atoms with van der Waals surface area (Å²) in [5, 5.41) is 8.56. The van der Waals surface area contributed by atoms with Crippen molar-refractivity contribution in [3.8, 4) is 0 Å². The highest BCUT2D eigenvalue weighted by molar-refractivity contribution is 5.85. The number of rotatable bonds is 4. The van der Waals surface area contributed by atoms with E-state index >= 15 is 0 Å². The minimum absolute atomic E-state index is 0.573. The number of carboxylic acids is 1. The standard InChI is InChI=1S/C13H16O2/c1-10(2)9-12-6-4-3-5-11(12)7-8-13(14)15/h3-8,10H,9H2,1-2H3,(H,14,15)/b8-7+. The summed E-state index contributed by atoms with van der Waals surface area (Å²) in [7, 11) is 0. The maximum atomic E-state index is 10.4. The highest BCUT2D eigenvalue weighted by Crippen LogP contribution is 2.15. The van der Waals surface area contributed by atoms with Crippen molar-refractivity contribution in [2.75, 3.05) is 0 Å². The van der Waals surface area contributed by atoms with Crippen LogP contribution in [0.3, 0.4) is 0 Å². The van der Waals surface area contributed by atoms with Crippen LogP contribution in [0.2, 0.25) is 0 Å². The van der Waals surface area contributed by atoms with E-state index in [1.54, 1.807) is 6.08 Å². The van der Waals surface area contributed by atoms with Crippen molar-refractivity contribution in [3.63, 3.8) is 0 Å². The van der Waals surface area contributed by atoms with Crippen LogP contribution in [0.15, 0.2) is 30.3 Å². The second-order valence-electron chi connectivity index (χ2n) is 3.97. The summed E-state index contributed by atoms with van der Waals surface area (Å²) in [5.41, 5.74) is 2.19. The average molecular weight is 204 g/mol. The van der Waals surface area contributed by atoms with Gasteiger partial charge in [-0.15, -0.1) is 0 Å². The van der Waals surface area contributed by atoms with E-state index in [0.717, 1.165) is 12.0 Å². The molecule has 1 aromatic rings. The summed E-state index contributed by atoms with van der Waals surface area (Å²) in [4.78, 5) is 10.4. The Hall–Kier alpha value is -1.57. The zero-order valence-electron chi connectivity index (χ0n) is 9.10. The molecule has 1 rings (SSSR count). The number of benzene rings is 1. The van der Waals surface area contributed by atoms with E-state index < -0.39 is 5.97 Å². The lowest BCUT2D eigenvalue weighted by molar-refractivity contribution is -0.131. The fourth-order valence-electron chi connectivity index (χ4n) is 1.48. The second kappa shape index (κ2) is 5.35. The Labute approximate surface area is 90.3 Å². The Morgan fingerprint density at radius 2 is 2.07 bits per heavy atom. The molecule has 2 nitrogen and oxygen atoms in total. The van der Waals surface area contributed by atoms with Gasteiger partial charge in [0.25, 0.3) is 0 Å². The molecule has 0 atom stereocenters. The number of hydrogen-bond acceptors (Lipinski definition) is 1. The first-order valence-electron chi connectivity index (χ1n) is 5.08. The highest BCUT2D eigenvalue weighted by Gasteiger charge is 2.01. The lowest BCUT2D eigenvalue weighted by atomic mass is 9.98. The first-order valence-corrected chi connectivity index (χ1v) is 5.08. The van der Waals surface area contributed by atoms with Gasteiger partial charge < -0.3 is 5.11 Å². The van der Waals surface area contributed by atoms with Gasteiger partial charge in [0.15, 0.2) is 0 Å². The smallest absolute Gasteiger partial charge is 0.328 e. The summed E-state index contributed by atoms with van der Waals surface area (Å²) in [6, 6.07) is 7.89. The van der Waals surface area contributed by atoms with E-state index in [9.17, 15) is 4.79 Å². The van der Waals surface area contributed by atoms with Crippen LogP contribution in [0.1, 0.15) is 25.0 Å². The quantitative estimate of drug-likeness (QED) is 0.765. The molecule has 0 radical (unpaired) electrons. The molecule has 1 N–H and O–H groups in total. The molecule has 80 valence electrons. The number of aliphatic carboxylic acids is 1. The molecule has 0 fully saturated rings. The maximum Gasteiger partial charge on any atom is 0.328 e. The van der Waals surface area contributed by atoms with Crippen molar-refractivity contribution >= 4 is 12.0 Å². The van der Waals surface area contributed by atoms with E-state index in [1.165, 1.54) is 11.6 Å². The molecular weight excluding hydrogens is 188 g/mol. The van der Waals surface area contributed by atoms with Crippen molar-refractivity contribution < 1.29 is 9.90 Å². The molecule has 0 unspecified atom stereocenters. The van der Waals surface area contributed by atoms with Gasteiger partial charge in [0, 0.05) is 6.08 Å². The third-order valence-corrected chi connectivity index (χ3v) is 2.09. The molecule has 1 aromatic carbocycles. The predicted octanol–water partition coefficient (Wildman–Crippen LogP) is 2.98. The normalized spacial score (nSPS) is 11.1. The summed E-state index contributed by atoms with van der Waals surface area (Å²) in [5.74, 6) is -0.335. The van der Waals surface area contributed by atoms with Gasteiger partial charge in [-0.2, -0.15) is 0 Å². The Morgan fingerprint density at radius 1 is 1.40 bits per heavy atom. The minimum atomic E-state index is -0.908. The topological polar surface area (TPSA) is 37.3 Å². The largest absolute Gasteiger partial charge is 0.478 e. The van der Waals surface area contributed by atoms with Crippen molar-refractivity contribution in [2.24, 2.45) is 5.92 Å². The highest BCUT2D eigenvalue weighted by atomic mass is 16.4. The summed E-state index contributed by atoms with van der Waals surface area (Å²) in [6.07, 6.45) is 3.80. The first kappa shape index (κ1) is 11.5. The van der Waals surface area contributed by atoms with Crippen LogP contribution in [0.4, 0.5) is 0 Å². The molecule has 0 amide bonds. The van der Waals surface area contributed by atoms with E-state index in [1.807, 2.05) is 24.3 Å². The van der Waals surface area contributed by atoms with Gasteiger partial charge in [0.05, 0.1) is 0 Å². The van der Waals surface area contributed by atoms with Gasteiger partial charge in [-0.05, 0) is 29.5 Å². The van der Waals surface area contributed by atoms with Gasteiger partial charge in [-0.3, -0.25) is 0 Å². The van der Waals surface area contributed by atoms with Crippen LogP contribution in [0.25, 0.3) is 6.08 Å². The molecular formula is C13H16O2. The van der Waals surface area contributed by atoms with Crippen LogP contribution in [0.5, 0.6) is 0 Å². The minimum Gasteiger partial charge on any atom is -0.478 e. The lowest BCUT2D eigenvalue weighted by Crippen LogP contribution is -1.96. The molecule has 0 aliphatic rings. The summed E-state index contributed by atoms with van der Waals surface area (Å²) < 4.78 is 0. The Bertz CT molecular complexity index is 365. The molecule has 0 saturated heterocycles. The average Bonchev–Trinajstić information content (AvgIpc) is 2.15. The molecule has 0 saturated carbocycles. The molecule has 2 heteroatoms. The number of hydrogen-bond donors (Lipinski definition) is 1. The fourth-order valence-corrected chi connectivity index (χ4v) is 1.48. The van der Waals surface area contributed by atoms with Gasteiger partial charge in [-0.25, -0.2) is 4.79 Å². The fraction of sp³-hybridized carbons (Fsp3) is 0.308. The first-order chi connectivity index (χ1) is 7.09. The zero-order chi connectivity index (χ0) is 11.3. The summed E-state index contributed by atoms with van der Waals surface area (Å²) >= 11 is 0. The van der Waals surface area contributed by atoms with Crippen LogP contribution in [-0.4, -0.2) is 11.1 Å². The van der Waals surface area contributed by atoms with Crippen LogP contribution in [0, 0.1) is 5.92 Å². The third-order valence-electron chi connectivity index (χ3n) is 2.09. The lowest BCUT2D eigenvalue weighted by Gasteiger charge is -2.08. The molecule has 0 spiro atoms. The van der Waals surface area contributed by atoms with E-state index in [0.29, 0.717) is 5.92 Å². The van der Waals surface area contributed by atoms with Crippen molar-refractivity contribution in [1.29, 1.82) is 0 Å². The molecule has 0 aliphatic heterocycles. The number of carboxylic acid groups (broad SMARTS) is 1. The number of carbonyl (C=O) groups is 1. The third kappa shape index (κ3) is 3.98. The van der Waals surface area contributed by atoms with Gasteiger partial charge >= 0.3 is 5.97 Å². The van der Waals surface area contributed by atoms with E-state index in [-0.39, 0.29) is 0 Å². The van der Waals surface area contributed by atoms with Crippen molar-refractivity contribution in [1.82, 2.24) is 0 Å². The molecule has 0 aromatic heterocycles. The zero-order valence-corrected chi connectivity index (χ0v) is 9.10. The van der Waals surface area contributed by atoms with Crippen molar-refractivity contribution in [2.45, 2.75) is 20.3 Å². The molecule has 15 heavy (non-hydrogen) atoms. The van der Waals surface area contributed by atoms with E-state index in [2.05, 4.69) is 13.8 Å². The maximum absolute atomic E-state index is 10.4. The van der Waals surface area contributed by atoms with Gasteiger partial charge in [-0.1, -0.05) is 38.1 Å². The Balaban J connectivity index is 2.91. The van der Waals surface area contributed by atoms with Gasteiger partial charge in [0.2, 0.25) is 0 Å².